The Morgan fingerprint density at radius 2 is 1.64 bits per heavy atom. The van der Waals surface area contributed by atoms with Gasteiger partial charge in [-0.05, 0) is 41.4 Å². The van der Waals surface area contributed by atoms with Crippen LogP contribution >= 0.6 is 11.6 Å². The van der Waals surface area contributed by atoms with Crippen molar-refractivity contribution in [1.82, 2.24) is 15.0 Å². The zero-order valence-corrected chi connectivity index (χ0v) is 14.0. The molecule has 7 nitrogen and oxygen atoms in total. The molecule has 3 rings (SSSR count). The molecule has 0 saturated carbocycles. The standard InChI is InChI=1S/C17H16ClN7/c18-15-23-16(21-10-11-4-2-1-3-5-11)25-17(24-15)22-13-8-6-12(7-9-13)14(19)20/h1-9H,10H2,(H3,19,20)(H2,21,22,23,24,25). The number of rotatable bonds is 6. The Bertz CT molecular complexity index is 866. The highest BCUT2D eigenvalue weighted by Gasteiger charge is 2.06. The van der Waals surface area contributed by atoms with E-state index in [0.29, 0.717) is 24.0 Å². The molecular formula is C17H16ClN7. The highest BCUT2D eigenvalue weighted by atomic mass is 35.5. The minimum atomic E-state index is 0.0159. The molecule has 5 N–H and O–H groups in total. The number of hydrogen-bond acceptors (Lipinski definition) is 6. The Hall–Kier alpha value is -3.19. The van der Waals surface area contributed by atoms with E-state index in [1.54, 1.807) is 24.3 Å². The van der Waals surface area contributed by atoms with E-state index < -0.39 is 0 Å². The number of nitrogens with one attached hydrogen (secondary N) is 3. The van der Waals surface area contributed by atoms with Crippen LogP contribution in [0.25, 0.3) is 0 Å². The maximum Gasteiger partial charge on any atom is 0.233 e. The average Bonchev–Trinajstić information content (AvgIpc) is 2.61. The van der Waals surface area contributed by atoms with E-state index in [1.165, 1.54) is 0 Å². The monoisotopic (exact) mass is 353 g/mol. The van der Waals surface area contributed by atoms with Crippen molar-refractivity contribution in [2.45, 2.75) is 6.54 Å². The molecule has 1 aromatic heterocycles. The zero-order chi connectivity index (χ0) is 17.6. The SMILES string of the molecule is N=C(N)c1ccc(Nc2nc(Cl)nc(NCc3ccccc3)n2)cc1. The lowest BCUT2D eigenvalue weighted by atomic mass is 10.2. The quantitative estimate of drug-likeness (QED) is 0.400. The topological polar surface area (TPSA) is 113 Å². The first kappa shape index (κ1) is 16.7. The lowest BCUT2D eigenvalue weighted by Gasteiger charge is -2.09. The minimum absolute atomic E-state index is 0.0159. The second-order valence-electron chi connectivity index (χ2n) is 5.21. The van der Waals surface area contributed by atoms with Gasteiger partial charge in [0, 0.05) is 17.8 Å². The van der Waals surface area contributed by atoms with Gasteiger partial charge in [-0.15, -0.1) is 0 Å². The fraction of sp³-hybridized carbons (Fsp3) is 0.0588. The van der Waals surface area contributed by atoms with Gasteiger partial charge in [-0.1, -0.05) is 30.3 Å². The van der Waals surface area contributed by atoms with Crippen LogP contribution in [-0.2, 0) is 6.54 Å². The highest BCUT2D eigenvalue weighted by Crippen LogP contribution is 2.17. The Morgan fingerprint density at radius 3 is 2.32 bits per heavy atom. The van der Waals surface area contributed by atoms with Gasteiger partial charge in [-0.3, -0.25) is 5.41 Å². The third kappa shape index (κ3) is 4.65. The lowest BCUT2D eigenvalue weighted by molar-refractivity contribution is 1.01. The third-order valence-corrected chi connectivity index (χ3v) is 3.52. The predicted molar refractivity (Wildman–Crippen MR) is 99.3 cm³/mol. The minimum Gasteiger partial charge on any atom is -0.384 e. The predicted octanol–water partition coefficient (Wildman–Crippen LogP) is 3.16. The number of nitrogen functional groups attached to an aromatic ring is 1. The fourth-order valence-electron chi connectivity index (χ4n) is 2.12. The first-order valence-electron chi connectivity index (χ1n) is 7.51. The number of halogens is 1. The molecule has 126 valence electrons. The Balaban J connectivity index is 1.71. The number of amidine groups is 1. The average molecular weight is 354 g/mol. The van der Waals surface area contributed by atoms with Crippen LogP contribution in [-0.4, -0.2) is 20.8 Å². The number of benzene rings is 2. The molecule has 0 aliphatic carbocycles. The normalized spacial score (nSPS) is 10.3. The molecule has 0 atom stereocenters. The summed E-state index contributed by atoms with van der Waals surface area (Å²) in [6.45, 7) is 0.577. The van der Waals surface area contributed by atoms with Gasteiger partial charge in [-0.25, -0.2) is 0 Å². The number of aromatic nitrogens is 3. The third-order valence-electron chi connectivity index (χ3n) is 3.35. The largest absolute Gasteiger partial charge is 0.384 e. The zero-order valence-electron chi connectivity index (χ0n) is 13.2. The van der Waals surface area contributed by atoms with Crippen molar-refractivity contribution in [2.75, 3.05) is 10.6 Å². The first-order chi connectivity index (χ1) is 12.1. The van der Waals surface area contributed by atoms with Crippen molar-refractivity contribution < 1.29 is 0 Å². The molecule has 8 heteroatoms. The van der Waals surface area contributed by atoms with Gasteiger partial charge in [0.05, 0.1) is 0 Å². The van der Waals surface area contributed by atoms with Crippen LogP contribution in [0.1, 0.15) is 11.1 Å². The van der Waals surface area contributed by atoms with Crippen LogP contribution < -0.4 is 16.4 Å². The number of anilines is 3. The van der Waals surface area contributed by atoms with E-state index in [-0.39, 0.29) is 11.1 Å². The van der Waals surface area contributed by atoms with Gasteiger partial charge in [0.15, 0.2) is 0 Å². The maximum atomic E-state index is 7.40. The maximum absolute atomic E-state index is 7.40. The number of nitrogens with zero attached hydrogens (tertiary/aromatic N) is 3. The molecule has 1 heterocycles. The summed E-state index contributed by atoms with van der Waals surface area (Å²) in [7, 11) is 0. The number of hydrogen-bond donors (Lipinski definition) is 4. The Labute approximate surface area is 149 Å². The molecule has 0 radical (unpaired) electrons. The second-order valence-corrected chi connectivity index (χ2v) is 5.54. The molecule has 25 heavy (non-hydrogen) atoms. The van der Waals surface area contributed by atoms with Gasteiger partial charge < -0.3 is 16.4 Å². The van der Waals surface area contributed by atoms with Crippen molar-refractivity contribution >= 4 is 35.0 Å². The Kier molecular flexibility index (Phi) is 5.06. The molecule has 0 fully saturated rings. The van der Waals surface area contributed by atoms with E-state index in [0.717, 1.165) is 11.3 Å². The van der Waals surface area contributed by atoms with Crippen LogP contribution in [0.4, 0.5) is 17.6 Å². The first-order valence-corrected chi connectivity index (χ1v) is 7.89. The molecule has 0 aliphatic heterocycles. The molecule has 0 saturated heterocycles. The molecular weight excluding hydrogens is 338 g/mol. The van der Waals surface area contributed by atoms with Gasteiger partial charge in [0.25, 0.3) is 0 Å². The van der Waals surface area contributed by atoms with Crippen LogP contribution in [0.3, 0.4) is 0 Å². The fourth-order valence-corrected chi connectivity index (χ4v) is 2.28. The molecule has 3 aromatic rings. The summed E-state index contributed by atoms with van der Waals surface area (Å²) in [5.74, 6) is 0.722. The molecule has 0 amide bonds. The van der Waals surface area contributed by atoms with E-state index >= 15 is 0 Å². The van der Waals surface area contributed by atoms with Crippen molar-refractivity contribution in [3.63, 3.8) is 0 Å². The highest BCUT2D eigenvalue weighted by molar-refractivity contribution is 6.28. The van der Waals surface area contributed by atoms with Crippen LogP contribution in [0.5, 0.6) is 0 Å². The van der Waals surface area contributed by atoms with Gasteiger partial charge in [0.1, 0.15) is 5.84 Å². The van der Waals surface area contributed by atoms with E-state index in [4.69, 9.17) is 22.7 Å². The lowest BCUT2D eigenvalue weighted by Crippen LogP contribution is -2.10. The van der Waals surface area contributed by atoms with Crippen molar-refractivity contribution in [3.8, 4) is 0 Å². The van der Waals surface area contributed by atoms with Crippen LogP contribution in [0, 0.1) is 5.41 Å². The summed E-state index contributed by atoms with van der Waals surface area (Å²) in [5, 5.41) is 13.7. The summed E-state index contributed by atoms with van der Waals surface area (Å²) in [5.41, 5.74) is 7.94. The van der Waals surface area contributed by atoms with E-state index in [1.807, 2.05) is 30.3 Å². The summed E-state index contributed by atoms with van der Waals surface area (Å²) in [4.78, 5) is 12.4. The second kappa shape index (κ2) is 7.59. The summed E-state index contributed by atoms with van der Waals surface area (Å²) in [6.07, 6.45) is 0. The van der Waals surface area contributed by atoms with E-state index in [2.05, 4.69) is 25.6 Å². The van der Waals surface area contributed by atoms with E-state index in [9.17, 15) is 0 Å². The summed E-state index contributed by atoms with van der Waals surface area (Å²) >= 11 is 5.98. The van der Waals surface area contributed by atoms with Crippen molar-refractivity contribution in [2.24, 2.45) is 5.73 Å². The van der Waals surface area contributed by atoms with Gasteiger partial charge in [0.2, 0.25) is 17.2 Å². The molecule has 0 unspecified atom stereocenters. The smallest absolute Gasteiger partial charge is 0.233 e. The van der Waals surface area contributed by atoms with Crippen LogP contribution in [0.2, 0.25) is 5.28 Å². The molecule has 0 spiro atoms. The number of nitrogens with two attached hydrogens (primary N) is 1. The summed E-state index contributed by atoms with van der Waals surface area (Å²) in [6, 6.07) is 16.9. The van der Waals surface area contributed by atoms with Crippen molar-refractivity contribution in [1.29, 1.82) is 5.41 Å². The molecule has 0 aliphatic rings. The molecule has 0 bridgehead atoms. The van der Waals surface area contributed by atoms with Gasteiger partial charge >= 0.3 is 0 Å². The van der Waals surface area contributed by atoms with Gasteiger partial charge in [-0.2, -0.15) is 15.0 Å². The Morgan fingerprint density at radius 1 is 0.960 bits per heavy atom. The summed E-state index contributed by atoms with van der Waals surface area (Å²) < 4.78 is 0. The van der Waals surface area contributed by atoms with Crippen LogP contribution in [0.15, 0.2) is 54.6 Å². The molecule has 2 aromatic carbocycles. The van der Waals surface area contributed by atoms with Crippen molar-refractivity contribution in [3.05, 3.63) is 71.0 Å².